The first-order valence-electron chi connectivity index (χ1n) is 7.86. The molecule has 132 valence electrons. The summed E-state index contributed by atoms with van der Waals surface area (Å²) in [5, 5.41) is 4.58. The fourth-order valence-corrected chi connectivity index (χ4v) is 4.15. The summed E-state index contributed by atoms with van der Waals surface area (Å²) in [6.45, 7) is 4.14. The monoisotopic (exact) mass is 588 g/mol. The molecular weight excluding hydrogens is 573 g/mol. The highest BCUT2D eigenvalue weighted by Crippen LogP contribution is 2.27. The third-order valence-corrected chi connectivity index (χ3v) is 7.27. The maximum absolute atomic E-state index is 11.4. The Labute approximate surface area is 183 Å². The summed E-state index contributed by atoms with van der Waals surface area (Å²) in [5.74, 6) is 0. The Morgan fingerprint density at radius 2 is 1.42 bits per heavy atom. The van der Waals surface area contributed by atoms with Gasteiger partial charge in [-0.25, -0.2) is 4.98 Å². The molecule has 0 amide bonds. The van der Waals surface area contributed by atoms with Crippen molar-refractivity contribution in [2.24, 2.45) is 0 Å². The van der Waals surface area contributed by atoms with E-state index in [2.05, 4.69) is 68.1 Å². The van der Waals surface area contributed by atoms with Gasteiger partial charge in [-0.15, -0.1) is 0 Å². The molecule has 3 nitrogen and oxygen atoms in total. The first-order valence-corrected chi connectivity index (χ1v) is 10.4. The van der Waals surface area contributed by atoms with E-state index >= 15 is 0 Å². The molecule has 1 N–H and O–H groups in total. The highest BCUT2D eigenvalue weighted by Gasteiger charge is 2.04. The zero-order chi connectivity index (χ0) is 18.8. The number of H-pyrrole nitrogens is 1. The molecule has 4 aromatic rings. The van der Waals surface area contributed by atoms with Gasteiger partial charge < -0.3 is 4.98 Å². The van der Waals surface area contributed by atoms with E-state index in [9.17, 15) is 4.79 Å². The largest absolute Gasteiger partial charge is 0.329 e. The number of aromatic amines is 1. The number of aryl methyl sites for hydroxylation is 2. The minimum absolute atomic E-state index is 0.0181. The SMILES string of the molecule is Cc1ccc2c(=O)[nH]ccc2c1I.Cc1ccc2c(Cl)nccc2c1I. The molecule has 0 saturated heterocycles. The molecule has 0 saturated carbocycles. The topological polar surface area (TPSA) is 45.8 Å². The van der Waals surface area contributed by atoms with Crippen LogP contribution in [0.15, 0.2) is 53.6 Å². The third kappa shape index (κ3) is 3.89. The number of hydrogen-bond acceptors (Lipinski definition) is 2. The minimum Gasteiger partial charge on any atom is -0.329 e. The number of aromatic nitrogens is 2. The van der Waals surface area contributed by atoms with Gasteiger partial charge in [0.25, 0.3) is 5.56 Å². The summed E-state index contributed by atoms with van der Waals surface area (Å²) in [5.41, 5.74) is 2.46. The number of benzene rings is 2. The van der Waals surface area contributed by atoms with Crippen LogP contribution in [0.25, 0.3) is 21.5 Å². The lowest BCUT2D eigenvalue weighted by molar-refractivity contribution is 1.27. The minimum atomic E-state index is -0.0181. The molecule has 0 aliphatic rings. The molecule has 26 heavy (non-hydrogen) atoms. The van der Waals surface area contributed by atoms with E-state index in [1.54, 1.807) is 12.4 Å². The van der Waals surface area contributed by atoms with Crippen LogP contribution in [-0.4, -0.2) is 9.97 Å². The summed E-state index contributed by atoms with van der Waals surface area (Å²) >= 11 is 10.6. The molecule has 0 atom stereocenters. The molecule has 4 rings (SSSR count). The maximum atomic E-state index is 11.4. The molecule has 0 aliphatic heterocycles. The number of nitrogens with one attached hydrogen (secondary N) is 1. The molecule has 2 aromatic carbocycles. The molecule has 6 heteroatoms. The van der Waals surface area contributed by atoms with Crippen molar-refractivity contribution in [3.63, 3.8) is 0 Å². The van der Waals surface area contributed by atoms with E-state index in [-0.39, 0.29) is 5.56 Å². The summed E-state index contributed by atoms with van der Waals surface area (Å²) in [6, 6.07) is 11.9. The standard InChI is InChI=1S/C10H7ClIN.C10H8INO/c1-6-2-3-8-7(9(6)12)4-5-13-10(8)11;1-6-2-3-8-7(9(6)11)4-5-12-10(8)13/h2-5H,1H3;2-5H,1H3,(H,12,13). The van der Waals surface area contributed by atoms with Gasteiger partial charge in [-0.3, -0.25) is 4.79 Å². The number of fused-ring (bicyclic) bond motifs is 2. The molecule has 0 bridgehead atoms. The van der Waals surface area contributed by atoms with Gasteiger partial charge in [0.05, 0.1) is 0 Å². The Hall–Kier alpha value is -1.19. The third-order valence-electron chi connectivity index (χ3n) is 4.11. The van der Waals surface area contributed by atoms with Crippen molar-refractivity contribution in [1.82, 2.24) is 9.97 Å². The Bertz CT molecular complexity index is 1170. The lowest BCUT2D eigenvalue weighted by Gasteiger charge is -2.04. The average molecular weight is 589 g/mol. The zero-order valence-corrected chi connectivity index (χ0v) is 19.2. The highest BCUT2D eigenvalue weighted by molar-refractivity contribution is 14.1. The van der Waals surface area contributed by atoms with Gasteiger partial charge in [-0.05, 0) is 93.7 Å². The van der Waals surface area contributed by atoms with Gasteiger partial charge in [-0.1, -0.05) is 29.8 Å². The van der Waals surface area contributed by atoms with Gasteiger partial charge in [0.15, 0.2) is 0 Å². The second-order valence-corrected chi connectivity index (χ2v) is 8.37. The van der Waals surface area contributed by atoms with Crippen LogP contribution in [0.3, 0.4) is 0 Å². The van der Waals surface area contributed by atoms with E-state index in [4.69, 9.17) is 11.6 Å². The Kier molecular flexibility index (Phi) is 6.19. The summed E-state index contributed by atoms with van der Waals surface area (Å²) in [6.07, 6.45) is 3.43. The van der Waals surface area contributed by atoms with E-state index in [1.165, 1.54) is 20.1 Å². The van der Waals surface area contributed by atoms with Crippen LogP contribution in [0.4, 0.5) is 0 Å². The Balaban J connectivity index is 0.000000151. The fourth-order valence-electron chi connectivity index (χ4n) is 2.63. The molecule has 2 heterocycles. The van der Waals surface area contributed by atoms with Crippen molar-refractivity contribution in [1.29, 1.82) is 0 Å². The summed E-state index contributed by atoms with van der Waals surface area (Å²) in [7, 11) is 0. The first-order chi connectivity index (χ1) is 12.4. The van der Waals surface area contributed by atoms with Gasteiger partial charge >= 0.3 is 0 Å². The molecule has 2 aromatic heterocycles. The van der Waals surface area contributed by atoms with E-state index in [0.717, 1.165) is 19.7 Å². The molecular formula is C20H15ClI2N2O. The second-order valence-electron chi connectivity index (χ2n) is 5.86. The normalized spacial score (nSPS) is 10.7. The number of rotatable bonds is 0. The number of hydrogen-bond donors (Lipinski definition) is 1. The quantitative estimate of drug-likeness (QED) is 0.195. The van der Waals surface area contributed by atoms with Crippen molar-refractivity contribution >= 4 is 78.3 Å². The van der Waals surface area contributed by atoms with Crippen LogP contribution < -0.4 is 5.56 Å². The van der Waals surface area contributed by atoms with Crippen LogP contribution in [0.5, 0.6) is 0 Å². The van der Waals surface area contributed by atoms with Gasteiger partial charge in [0.2, 0.25) is 0 Å². The van der Waals surface area contributed by atoms with E-state index < -0.39 is 0 Å². The molecule has 0 fully saturated rings. The first kappa shape index (κ1) is 19.6. The number of halogens is 3. The number of nitrogens with zero attached hydrogens (tertiary/aromatic N) is 1. The Morgan fingerprint density at radius 3 is 2.08 bits per heavy atom. The van der Waals surface area contributed by atoms with Crippen molar-refractivity contribution < 1.29 is 0 Å². The Morgan fingerprint density at radius 1 is 0.846 bits per heavy atom. The predicted octanol–water partition coefficient (Wildman–Crippen LogP) is 6.24. The summed E-state index contributed by atoms with van der Waals surface area (Å²) < 4.78 is 2.40. The number of pyridine rings is 2. The lowest BCUT2D eigenvalue weighted by Crippen LogP contribution is -2.05. The van der Waals surface area contributed by atoms with Crippen molar-refractivity contribution in [3.8, 4) is 0 Å². The summed E-state index contributed by atoms with van der Waals surface area (Å²) in [4.78, 5) is 18.1. The van der Waals surface area contributed by atoms with Crippen LogP contribution in [0.1, 0.15) is 11.1 Å². The van der Waals surface area contributed by atoms with Crippen molar-refractivity contribution in [2.75, 3.05) is 0 Å². The van der Waals surface area contributed by atoms with Gasteiger partial charge in [0, 0.05) is 35.7 Å². The molecule has 0 unspecified atom stereocenters. The smallest absolute Gasteiger partial charge is 0.255 e. The van der Waals surface area contributed by atoms with Crippen LogP contribution >= 0.6 is 56.8 Å². The van der Waals surface area contributed by atoms with Crippen molar-refractivity contribution in [3.05, 3.63) is 82.6 Å². The van der Waals surface area contributed by atoms with Crippen LogP contribution in [0.2, 0.25) is 5.15 Å². The van der Waals surface area contributed by atoms with Gasteiger partial charge in [-0.2, -0.15) is 0 Å². The molecule has 0 spiro atoms. The second kappa shape index (κ2) is 8.22. The molecule has 0 radical (unpaired) electrons. The van der Waals surface area contributed by atoms with E-state index in [1.807, 2.05) is 37.3 Å². The van der Waals surface area contributed by atoms with Crippen molar-refractivity contribution in [2.45, 2.75) is 13.8 Å². The fraction of sp³-hybridized carbons (Fsp3) is 0.100. The lowest BCUT2D eigenvalue weighted by atomic mass is 10.1. The zero-order valence-electron chi connectivity index (χ0n) is 14.1. The highest BCUT2D eigenvalue weighted by atomic mass is 127. The maximum Gasteiger partial charge on any atom is 0.255 e. The van der Waals surface area contributed by atoms with Gasteiger partial charge in [0.1, 0.15) is 5.15 Å². The van der Waals surface area contributed by atoms with Crippen LogP contribution in [0, 0.1) is 21.0 Å². The molecule has 0 aliphatic carbocycles. The average Bonchev–Trinajstić information content (AvgIpc) is 2.63. The predicted molar refractivity (Wildman–Crippen MR) is 126 cm³/mol. The van der Waals surface area contributed by atoms with Crippen LogP contribution in [-0.2, 0) is 0 Å². The van der Waals surface area contributed by atoms with E-state index in [0.29, 0.717) is 5.15 Å².